The molecule has 1 aliphatic rings. The second-order valence-electron chi connectivity index (χ2n) is 4.70. The van der Waals surface area contributed by atoms with E-state index >= 15 is 0 Å². The Hall–Kier alpha value is 0.780. The van der Waals surface area contributed by atoms with Crippen molar-refractivity contribution < 1.29 is 4.74 Å². The van der Waals surface area contributed by atoms with Crippen molar-refractivity contribution in [2.75, 3.05) is 13.2 Å². The molecule has 0 aromatic carbocycles. The van der Waals surface area contributed by atoms with E-state index in [1.54, 1.807) is 0 Å². The molecule has 90 valence electrons. The van der Waals surface area contributed by atoms with Crippen LogP contribution in [0.4, 0.5) is 0 Å². The molecular formula is C11H25NOP2. The van der Waals surface area contributed by atoms with Crippen LogP contribution in [0.1, 0.15) is 33.6 Å². The van der Waals surface area contributed by atoms with Crippen LogP contribution < -0.4 is 0 Å². The first kappa shape index (κ1) is 13.8. The fourth-order valence-corrected chi connectivity index (χ4v) is 2.61. The zero-order valence-electron chi connectivity index (χ0n) is 10.1. The van der Waals surface area contributed by atoms with Crippen molar-refractivity contribution in [3.63, 3.8) is 0 Å². The van der Waals surface area contributed by atoms with Gasteiger partial charge in [-0.15, -0.1) is 18.5 Å². The van der Waals surface area contributed by atoms with Gasteiger partial charge in [-0.3, -0.25) is 4.90 Å². The molecule has 1 saturated heterocycles. The van der Waals surface area contributed by atoms with Gasteiger partial charge in [-0.2, -0.15) is 0 Å². The second kappa shape index (κ2) is 6.50. The monoisotopic (exact) mass is 249 g/mol. The lowest BCUT2D eigenvalue weighted by molar-refractivity contribution is 0.119. The van der Waals surface area contributed by atoms with Crippen LogP contribution in [0, 0.1) is 5.92 Å². The SMILES string of the molecule is CCC(C)N1CC(COC(P)P)C[C@H]1C. The molecule has 0 aliphatic carbocycles. The Balaban J connectivity index is 2.34. The maximum absolute atomic E-state index is 5.64. The molecule has 0 radical (unpaired) electrons. The third-order valence-corrected chi connectivity index (χ3v) is 3.78. The van der Waals surface area contributed by atoms with Gasteiger partial charge >= 0.3 is 0 Å². The number of rotatable bonds is 5. The van der Waals surface area contributed by atoms with E-state index in [1.807, 2.05) is 0 Å². The average molecular weight is 249 g/mol. The summed E-state index contributed by atoms with van der Waals surface area (Å²) in [6.45, 7) is 9.04. The molecule has 15 heavy (non-hydrogen) atoms. The van der Waals surface area contributed by atoms with Crippen molar-refractivity contribution in [2.24, 2.45) is 5.92 Å². The van der Waals surface area contributed by atoms with Crippen LogP contribution in [-0.4, -0.2) is 35.7 Å². The highest BCUT2D eigenvalue weighted by molar-refractivity contribution is 7.37. The molecule has 0 aromatic rings. The minimum atomic E-state index is 0.206. The van der Waals surface area contributed by atoms with E-state index in [1.165, 1.54) is 19.4 Å². The molecule has 1 heterocycles. The highest BCUT2D eigenvalue weighted by atomic mass is 31.1. The molecule has 5 atom stereocenters. The Morgan fingerprint density at radius 3 is 2.67 bits per heavy atom. The lowest BCUT2D eigenvalue weighted by Crippen LogP contribution is -2.35. The highest BCUT2D eigenvalue weighted by Gasteiger charge is 2.31. The number of nitrogens with zero attached hydrogens (tertiary/aromatic N) is 1. The first-order valence-corrected chi connectivity index (χ1v) is 7.26. The summed E-state index contributed by atoms with van der Waals surface area (Å²) >= 11 is 0. The Morgan fingerprint density at radius 1 is 1.47 bits per heavy atom. The molecule has 1 aliphatic heterocycles. The molecule has 0 bridgehead atoms. The van der Waals surface area contributed by atoms with Crippen LogP contribution in [0.3, 0.4) is 0 Å². The molecule has 0 amide bonds. The third kappa shape index (κ3) is 4.27. The molecule has 4 heteroatoms. The van der Waals surface area contributed by atoms with E-state index < -0.39 is 0 Å². The van der Waals surface area contributed by atoms with Gasteiger partial charge < -0.3 is 4.74 Å². The Kier molecular flexibility index (Phi) is 6.00. The topological polar surface area (TPSA) is 12.5 Å². The molecule has 0 spiro atoms. The van der Waals surface area contributed by atoms with E-state index in [0.29, 0.717) is 6.04 Å². The molecular weight excluding hydrogens is 224 g/mol. The first-order chi connectivity index (χ1) is 7.04. The van der Waals surface area contributed by atoms with Gasteiger partial charge in [0.25, 0.3) is 0 Å². The fourth-order valence-electron chi connectivity index (χ4n) is 2.39. The summed E-state index contributed by atoms with van der Waals surface area (Å²) in [5, 5.41) is 0. The zero-order valence-corrected chi connectivity index (χ0v) is 12.5. The summed E-state index contributed by atoms with van der Waals surface area (Å²) in [7, 11) is 5.32. The van der Waals surface area contributed by atoms with Gasteiger partial charge in [-0.1, -0.05) is 6.92 Å². The number of likely N-dealkylation sites (tertiary alicyclic amines) is 1. The maximum atomic E-state index is 5.64. The van der Waals surface area contributed by atoms with Crippen LogP contribution in [0.15, 0.2) is 0 Å². The quantitative estimate of drug-likeness (QED) is 0.694. The molecule has 4 unspecified atom stereocenters. The molecule has 0 aromatic heterocycles. The van der Waals surface area contributed by atoms with E-state index in [-0.39, 0.29) is 5.59 Å². The molecule has 0 N–H and O–H groups in total. The number of hydrogen-bond donors (Lipinski definition) is 0. The van der Waals surface area contributed by atoms with Gasteiger partial charge in [-0.05, 0) is 32.6 Å². The average Bonchev–Trinajstić information content (AvgIpc) is 2.55. The Bertz CT molecular complexity index is 189. The lowest BCUT2D eigenvalue weighted by atomic mass is 10.1. The Labute approximate surface area is 98.9 Å². The minimum absolute atomic E-state index is 0.206. The van der Waals surface area contributed by atoms with Crippen LogP contribution >= 0.6 is 18.5 Å². The molecule has 1 rings (SSSR count). The zero-order chi connectivity index (χ0) is 11.4. The minimum Gasteiger partial charge on any atom is -0.370 e. The van der Waals surface area contributed by atoms with Gasteiger partial charge in [0.2, 0.25) is 0 Å². The van der Waals surface area contributed by atoms with E-state index in [9.17, 15) is 0 Å². The normalized spacial score (nSPS) is 30.0. The Morgan fingerprint density at radius 2 is 2.13 bits per heavy atom. The summed E-state index contributed by atoms with van der Waals surface area (Å²) in [4.78, 5) is 2.62. The smallest absolute Gasteiger partial charge is 0.0837 e. The fraction of sp³-hybridized carbons (Fsp3) is 1.00. The van der Waals surface area contributed by atoms with Crippen molar-refractivity contribution >= 4 is 18.5 Å². The van der Waals surface area contributed by atoms with Gasteiger partial charge in [0.1, 0.15) is 0 Å². The molecule has 2 nitrogen and oxygen atoms in total. The largest absolute Gasteiger partial charge is 0.370 e. The van der Waals surface area contributed by atoms with Gasteiger partial charge in [0, 0.05) is 18.6 Å². The maximum Gasteiger partial charge on any atom is 0.0837 e. The molecule has 1 fully saturated rings. The van der Waals surface area contributed by atoms with Gasteiger partial charge in [-0.25, -0.2) is 0 Å². The van der Waals surface area contributed by atoms with Gasteiger partial charge in [0.05, 0.1) is 12.2 Å². The standard InChI is InChI=1S/C11H25NOP2/c1-4-8(2)12-6-10(5-9(12)3)7-13-11(14)15/h8-11H,4-7,14-15H2,1-3H3/t8?,9-,10?/m1/s1. The van der Waals surface area contributed by atoms with Crippen LogP contribution in [0.2, 0.25) is 0 Å². The van der Waals surface area contributed by atoms with E-state index in [0.717, 1.165) is 18.6 Å². The molecule has 0 saturated carbocycles. The number of ether oxygens (including phenoxy) is 1. The summed E-state index contributed by atoms with van der Waals surface area (Å²) < 4.78 is 5.64. The van der Waals surface area contributed by atoms with Crippen molar-refractivity contribution in [3.8, 4) is 0 Å². The van der Waals surface area contributed by atoms with Crippen molar-refractivity contribution in [3.05, 3.63) is 0 Å². The lowest BCUT2D eigenvalue weighted by Gasteiger charge is -2.27. The first-order valence-electron chi connectivity index (χ1n) is 5.93. The number of hydrogen-bond acceptors (Lipinski definition) is 2. The van der Waals surface area contributed by atoms with E-state index in [4.69, 9.17) is 4.74 Å². The third-order valence-electron chi connectivity index (χ3n) is 3.39. The predicted octanol–water partition coefficient (Wildman–Crippen LogP) is 2.55. The second-order valence-corrected chi connectivity index (χ2v) is 6.79. The van der Waals surface area contributed by atoms with Crippen molar-refractivity contribution in [1.82, 2.24) is 4.90 Å². The van der Waals surface area contributed by atoms with Crippen molar-refractivity contribution in [1.29, 1.82) is 0 Å². The van der Waals surface area contributed by atoms with Gasteiger partial charge in [0.15, 0.2) is 0 Å². The van der Waals surface area contributed by atoms with Crippen LogP contribution in [-0.2, 0) is 4.74 Å². The highest BCUT2D eigenvalue weighted by Crippen LogP contribution is 2.27. The van der Waals surface area contributed by atoms with Crippen molar-refractivity contribution in [2.45, 2.75) is 51.3 Å². The van der Waals surface area contributed by atoms with E-state index in [2.05, 4.69) is 44.2 Å². The van der Waals surface area contributed by atoms with Crippen LogP contribution in [0.25, 0.3) is 0 Å². The summed E-state index contributed by atoms with van der Waals surface area (Å²) in [6.07, 6.45) is 2.53. The summed E-state index contributed by atoms with van der Waals surface area (Å²) in [5.41, 5.74) is 0.206. The predicted molar refractivity (Wildman–Crippen MR) is 73.2 cm³/mol. The van der Waals surface area contributed by atoms with Crippen LogP contribution in [0.5, 0.6) is 0 Å². The summed E-state index contributed by atoms with van der Waals surface area (Å²) in [5.74, 6) is 0.720. The summed E-state index contributed by atoms with van der Waals surface area (Å²) in [6, 6.07) is 1.44.